The molecule has 1 aliphatic rings. The number of amides is 4. The predicted octanol–water partition coefficient (Wildman–Crippen LogP) is 3.45. The van der Waals surface area contributed by atoms with Crippen LogP contribution < -0.4 is 10.2 Å². The van der Waals surface area contributed by atoms with Crippen LogP contribution in [-0.4, -0.2) is 24.1 Å². The molecule has 28 heavy (non-hydrogen) atoms. The zero-order valence-corrected chi connectivity index (χ0v) is 13.9. The number of nitrogens with one attached hydrogen (secondary N) is 1. The van der Waals surface area contributed by atoms with Gasteiger partial charge in [-0.15, -0.1) is 0 Å². The Balaban J connectivity index is 1.94. The molecule has 0 radical (unpaired) electrons. The molecule has 0 spiro atoms. The van der Waals surface area contributed by atoms with Crippen LogP contribution in [0, 0.1) is 11.7 Å². The third-order valence-corrected chi connectivity index (χ3v) is 3.85. The zero-order valence-electron chi connectivity index (χ0n) is 13.9. The maximum absolute atomic E-state index is 13.6. The van der Waals surface area contributed by atoms with Crippen LogP contribution in [0.1, 0.15) is 5.56 Å². The molecule has 1 saturated heterocycles. The van der Waals surface area contributed by atoms with E-state index >= 15 is 0 Å². The van der Waals surface area contributed by atoms with Gasteiger partial charge in [-0.1, -0.05) is 18.2 Å². The lowest BCUT2D eigenvalue weighted by Crippen LogP contribution is -2.58. The van der Waals surface area contributed by atoms with Gasteiger partial charge in [-0.05, 0) is 30.3 Å². The third kappa shape index (κ3) is 3.75. The molecule has 144 valence electrons. The van der Waals surface area contributed by atoms with E-state index in [-0.39, 0.29) is 11.4 Å². The fourth-order valence-electron chi connectivity index (χ4n) is 2.50. The van der Waals surface area contributed by atoms with Gasteiger partial charge >= 0.3 is 12.2 Å². The van der Waals surface area contributed by atoms with Crippen molar-refractivity contribution in [2.45, 2.75) is 6.18 Å². The largest absolute Gasteiger partial charge is 0.416 e. The number of carbonyl (C=O) groups is 3. The molecule has 3 rings (SSSR count). The van der Waals surface area contributed by atoms with Crippen molar-refractivity contribution in [2.75, 3.05) is 4.90 Å². The standard InChI is InChI=1S/C18H11F4N3O3/c19-13-6-1-2-7-14(13)23-9-12-15(26)24-17(28)25(16(12)27)11-5-3-4-10(8-11)18(20,21)22/h1-9,12H,(H,24,26,28)/t12-/m1/s1. The van der Waals surface area contributed by atoms with Gasteiger partial charge in [0.25, 0.3) is 5.91 Å². The molecule has 10 heteroatoms. The van der Waals surface area contributed by atoms with Gasteiger partial charge in [0.05, 0.1) is 16.9 Å². The molecule has 1 fully saturated rings. The molecular formula is C18H11F4N3O3. The Hall–Kier alpha value is -3.56. The van der Waals surface area contributed by atoms with Gasteiger partial charge in [0, 0.05) is 6.21 Å². The number of alkyl halides is 3. The Morgan fingerprint density at radius 1 is 1.04 bits per heavy atom. The second-order valence-corrected chi connectivity index (χ2v) is 5.72. The predicted molar refractivity (Wildman–Crippen MR) is 90.5 cm³/mol. The average Bonchev–Trinajstić information content (AvgIpc) is 2.62. The number of hydrogen-bond donors (Lipinski definition) is 1. The van der Waals surface area contributed by atoms with E-state index in [1.165, 1.54) is 18.2 Å². The van der Waals surface area contributed by atoms with Gasteiger partial charge in [-0.25, -0.2) is 14.1 Å². The van der Waals surface area contributed by atoms with Gasteiger partial charge in [-0.3, -0.25) is 19.9 Å². The number of benzene rings is 2. The minimum absolute atomic E-state index is 0.148. The van der Waals surface area contributed by atoms with E-state index in [4.69, 9.17) is 0 Å². The highest BCUT2D eigenvalue weighted by molar-refractivity contribution is 6.32. The van der Waals surface area contributed by atoms with E-state index in [0.29, 0.717) is 11.0 Å². The number of aliphatic imine (C=N–C) groups is 1. The van der Waals surface area contributed by atoms with E-state index in [9.17, 15) is 31.9 Å². The number of anilines is 1. The summed E-state index contributed by atoms with van der Waals surface area (Å²) in [5, 5.41) is 1.88. The third-order valence-electron chi connectivity index (χ3n) is 3.85. The van der Waals surface area contributed by atoms with E-state index in [1.807, 2.05) is 5.32 Å². The average molecular weight is 393 g/mol. The van der Waals surface area contributed by atoms with Gasteiger partial charge in [0.1, 0.15) is 5.82 Å². The van der Waals surface area contributed by atoms with Crippen LogP contribution >= 0.6 is 0 Å². The van der Waals surface area contributed by atoms with Crippen molar-refractivity contribution in [3.8, 4) is 0 Å². The molecule has 0 aromatic heterocycles. The molecule has 1 aliphatic heterocycles. The summed E-state index contributed by atoms with van der Waals surface area (Å²) < 4.78 is 52.3. The number of imide groups is 2. The highest BCUT2D eigenvalue weighted by Gasteiger charge is 2.41. The first-order valence-corrected chi connectivity index (χ1v) is 7.83. The summed E-state index contributed by atoms with van der Waals surface area (Å²) in [7, 11) is 0. The minimum Gasteiger partial charge on any atom is -0.276 e. The first-order chi connectivity index (χ1) is 13.2. The lowest BCUT2D eigenvalue weighted by atomic mass is 10.1. The van der Waals surface area contributed by atoms with Crippen molar-refractivity contribution < 1.29 is 31.9 Å². The monoisotopic (exact) mass is 393 g/mol. The highest BCUT2D eigenvalue weighted by Crippen LogP contribution is 2.32. The molecule has 1 N–H and O–H groups in total. The number of halogens is 4. The summed E-state index contributed by atoms with van der Waals surface area (Å²) in [5.74, 6) is -4.44. The first kappa shape index (κ1) is 19.2. The number of barbiturate groups is 1. The first-order valence-electron chi connectivity index (χ1n) is 7.83. The van der Waals surface area contributed by atoms with E-state index in [2.05, 4.69) is 4.99 Å². The lowest BCUT2D eigenvalue weighted by molar-refractivity contribution is -0.138. The van der Waals surface area contributed by atoms with E-state index < -0.39 is 41.3 Å². The van der Waals surface area contributed by atoms with Crippen molar-refractivity contribution in [2.24, 2.45) is 10.9 Å². The van der Waals surface area contributed by atoms with Crippen molar-refractivity contribution >= 4 is 35.4 Å². The number of nitrogens with zero attached hydrogens (tertiary/aromatic N) is 2. The van der Waals surface area contributed by atoms with Crippen molar-refractivity contribution in [1.29, 1.82) is 0 Å². The number of rotatable bonds is 3. The maximum atomic E-state index is 13.6. The summed E-state index contributed by atoms with van der Waals surface area (Å²) in [6.45, 7) is 0. The molecule has 0 unspecified atom stereocenters. The van der Waals surface area contributed by atoms with Crippen LogP contribution in [0.3, 0.4) is 0 Å². The fraction of sp³-hybridized carbons (Fsp3) is 0.111. The van der Waals surface area contributed by atoms with Crippen LogP contribution in [-0.2, 0) is 15.8 Å². The van der Waals surface area contributed by atoms with Crippen LogP contribution in [0.25, 0.3) is 0 Å². The van der Waals surface area contributed by atoms with Crippen LogP contribution in [0.4, 0.5) is 33.7 Å². The minimum atomic E-state index is -4.69. The van der Waals surface area contributed by atoms with Gasteiger partial charge in [-0.2, -0.15) is 13.2 Å². The summed E-state index contributed by atoms with van der Waals surface area (Å²) in [6.07, 6.45) is -3.85. The van der Waals surface area contributed by atoms with E-state index in [0.717, 1.165) is 30.5 Å². The molecular weight excluding hydrogens is 382 g/mol. The molecule has 0 bridgehead atoms. The van der Waals surface area contributed by atoms with Gasteiger partial charge in [0.2, 0.25) is 5.91 Å². The summed E-state index contributed by atoms with van der Waals surface area (Å²) in [5.41, 5.74) is -1.58. The van der Waals surface area contributed by atoms with Crippen molar-refractivity contribution in [3.63, 3.8) is 0 Å². The topological polar surface area (TPSA) is 78.8 Å². The Morgan fingerprint density at radius 2 is 1.75 bits per heavy atom. The maximum Gasteiger partial charge on any atom is 0.416 e. The smallest absolute Gasteiger partial charge is 0.276 e. The Bertz CT molecular complexity index is 988. The van der Waals surface area contributed by atoms with Crippen molar-refractivity contribution in [1.82, 2.24) is 5.32 Å². The second-order valence-electron chi connectivity index (χ2n) is 5.72. The lowest BCUT2D eigenvalue weighted by Gasteiger charge is -2.28. The number of para-hydroxylation sites is 1. The molecule has 2 aromatic carbocycles. The molecule has 0 saturated carbocycles. The molecule has 2 aromatic rings. The quantitative estimate of drug-likeness (QED) is 0.493. The van der Waals surface area contributed by atoms with Crippen molar-refractivity contribution in [3.05, 3.63) is 59.9 Å². The van der Waals surface area contributed by atoms with E-state index in [1.54, 1.807) is 0 Å². The molecule has 4 amide bonds. The van der Waals surface area contributed by atoms with Crippen LogP contribution in [0.2, 0.25) is 0 Å². The fourth-order valence-corrected chi connectivity index (χ4v) is 2.50. The van der Waals surface area contributed by atoms with Crippen LogP contribution in [0.5, 0.6) is 0 Å². The summed E-state index contributed by atoms with van der Waals surface area (Å²) in [6, 6.07) is 7.66. The van der Waals surface area contributed by atoms with Gasteiger partial charge in [0.15, 0.2) is 5.92 Å². The number of hydrogen-bond acceptors (Lipinski definition) is 4. The molecule has 0 aliphatic carbocycles. The summed E-state index contributed by atoms with van der Waals surface area (Å²) >= 11 is 0. The molecule has 1 atom stereocenters. The second kappa shape index (κ2) is 7.22. The van der Waals surface area contributed by atoms with Crippen LogP contribution in [0.15, 0.2) is 53.5 Å². The normalized spacial score (nSPS) is 17.9. The number of carbonyl (C=O) groups excluding carboxylic acids is 3. The number of urea groups is 1. The molecule has 1 heterocycles. The van der Waals surface area contributed by atoms with Gasteiger partial charge < -0.3 is 0 Å². The summed E-state index contributed by atoms with van der Waals surface area (Å²) in [4.78, 5) is 40.8. The Kier molecular flexibility index (Phi) is 4.95. The zero-order chi connectivity index (χ0) is 20.5. The SMILES string of the molecule is O=C1NC(=O)N(c2cccc(C(F)(F)F)c2)C(=O)[C@@H]1C=Nc1ccccc1F. The Morgan fingerprint density at radius 3 is 2.43 bits per heavy atom. The Labute approximate surface area is 155 Å². The molecule has 6 nitrogen and oxygen atoms in total. The highest BCUT2D eigenvalue weighted by atomic mass is 19.4.